The Morgan fingerprint density at radius 3 is 2.10 bits per heavy atom. The molecule has 0 bridgehead atoms. The van der Waals surface area contributed by atoms with Crippen molar-refractivity contribution in [3.63, 3.8) is 0 Å². The van der Waals surface area contributed by atoms with E-state index in [-0.39, 0.29) is 17.5 Å². The summed E-state index contributed by atoms with van der Waals surface area (Å²) in [7, 11) is 0. The third kappa shape index (κ3) is 3.87. The first-order valence-corrected chi connectivity index (χ1v) is 9.71. The van der Waals surface area contributed by atoms with Crippen molar-refractivity contribution >= 4 is 23.2 Å². The highest BCUT2D eigenvalue weighted by molar-refractivity contribution is 6.28. The topological polar surface area (TPSA) is 63.2 Å². The van der Waals surface area contributed by atoms with Gasteiger partial charge in [-0.3, -0.25) is 14.4 Å². The van der Waals surface area contributed by atoms with Crippen LogP contribution < -0.4 is 5.32 Å². The van der Waals surface area contributed by atoms with E-state index in [0.717, 1.165) is 12.8 Å². The Labute approximate surface area is 169 Å². The Hall–Kier alpha value is -3.53. The van der Waals surface area contributed by atoms with Crippen molar-refractivity contribution < 1.29 is 14.4 Å². The summed E-state index contributed by atoms with van der Waals surface area (Å²) in [5.41, 5.74) is 4.51. The van der Waals surface area contributed by atoms with Gasteiger partial charge in [0.25, 0.3) is 0 Å². The molecule has 1 N–H and O–H groups in total. The van der Waals surface area contributed by atoms with Crippen molar-refractivity contribution in [2.45, 2.75) is 26.2 Å². The molecule has 0 fully saturated rings. The zero-order valence-electron chi connectivity index (χ0n) is 16.2. The summed E-state index contributed by atoms with van der Waals surface area (Å²) < 4.78 is 0. The maximum absolute atomic E-state index is 12.8. The van der Waals surface area contributed by atoms with Crippen LogP contribution in [0, 0.1) is 6.92 Å². The first-order valence-electron chi connectivity index (χ1n) is 9.71. The number of fused-ring (bicyclic) bond motifs is 2. The number of carbonyl (C=O) groups is 3. The highest BCUT2D eigenvalue weighted by atomic mass is 16.2. The molecule has 4 nitrogen and oxygen atoms in total. The third-order valence-corrected chi connectivity index (χ3v) is 5.20. The summed E-state index contributed by atoms with van der Waals surface area (Å²) in [6.07, 6.45) is 1.97. The largest absolute Gasteiger partial charge is 0.326 e. The van der Waals surface area contributed by atoms with Crippen LogP contribution in [0.3, 0.4) is 0 Å². The van der Waals surface area contributed by atoms with Crippen LogP contribution in [0.4, 0.5) is 5.69 Å². The molecule has 1 aliphatic carbocycles. The van der Waals surface area contributed by atoms with Gasteiger partial charge in [0.15, 0.2) is 11.6 Å². The van der Waals surface area contributed by atoms with Gasteiger partial charge in [-0.1, -0.05) is 54.1 Å². The fourth-order valence-electron chi connectivity index (χ4n) is 3.61. The van der Waals surface area contributed by atoms with E-state index in [2.05, 4.69) is 29.6 Å². The van der Waals surface area contributed by atoms with Crippen LogP contribution in [0.2, 0.25) is 0 Å². The molecule has 4 heteroatoms. The molecule has 0 unspecified atom stereocenters. The number of nitrogens with one attached hydrogen (secondary N) is 1. The average Bonchev–Trinajstić information content (AvgIpc) is 2.73. The lowest BCUT2D eigenvalue weighted by atomic mass is 9.84. The van der Waals surface area contributed by atoms with Gasteiger partial charge >= 0.3 is 0 Å². The fraction of sp³-hybridized carbons (Fsp3) is 0.160. The molecule has 0 aromatic heterocycles. The fourth-order valence-corrected chi connectivity index (χ4v) is 3.61. The van der Waals surface area contributed by atoms with Gasteiger partial charge in [0, 0.05) is 34.4 Å². The minimum Gasteiger partial charge on any atom is -0.326 e. The first kappa shape index (κ1) is 18.8. The molecule has 4 rings (SSSR count). The van der Waals surface area contributed by atoms with Crippen molar-refractivity contribution in [2.24, 2.45) is 0 Å². The van der Waals surface area contributed by atoms with Crippen LogP contribution in [0.5, 0.6) is 0 Å². The van der Waals surface area contributed by atoms with Crippen molar-refractivity contribution in [1.29, 1.82) is 0 Å². The van der Waals surface area contributed by atoms with Gasteiger partial charge in [-0.25, -0.2) is 0 Å². The molecule has 0 saturated heterocycles. The number of hydrogen-bond donors (Lipinski definition) is 1. The van der Waals surface area contributed by atoms with E-state index in [9.17, 15) is 14.4 Å². The van der Waals surface area contributed by atoms with Crippen LogP contribution in [0.15, 0.2) is 66.7 Å². The van der Waals surface area contributed by atoms with Crippen molar-refractivity contribution in [3.8, 4) is 0 Å². The Balaban J connectivity index is 1.42. The van der Waals surface area contributed by atoms with Gasteiger partial charge in [0.05, 0.1) is 0 Å². The van der Waals surface area contributed by atoms with Crippen LogP contribution in [-0.4, -0.2) is 17.5 Å². The summed E-state index contributed by atoms with van der Waals surface area (Å²) in [6, 6.07) is 20.0. The zero-order chi connectivity index (χ0) is 20.4. The highest BCUT2D eigenvalue weighted by Crippen LogP contribution is 2.29. The summed E-state index contributed by atoms with van der Waals surface area (Å²) in [5.74, 6) is -0.455. The Morgan fingerprint density at radius 1 is 0.793 bits per heavy atom. The molecule has 29 heavy (non-hydrogen) atoms. The summed E-state index contributed by atoms with van der Waals surface area (Å²) in [5, 5.41) is 2.84. The van der Waals surface area contributed by atoms with E-state index < -0.39 is 0 Å². The number of benzene rings is 3. The van der Waals surface area contributed by atoms with E-state index in [1.165, 1.54) is 11.1 Å². The van der Waals surface area contributed by atoms with Crippen LogP contribution in [0.1, 0.15) is 55.8 Å². The molecule has 3 aromatic rings. The normalized spacial score (nSPS) is 12.3. The molecule has 1 amide bonds. The Kier molecular flexibility index (Phi) is 5.09. The number of ketones is 2. The predicted molar refractivity (Wildman–Crippen MR) is 112 cm³/mol. The number of rotatable bonds is 5. The summed E-state index contributed by atoms with van der Waals surface area (Å²) in [6.45, 7) is 2.05. The molecule has 0 atom stereocenters. The molecule has 0 spiro atoms. The zero-order valence-corrected chi connectivity index (χ0v) is 16.2. The number of amides is 1. The molecule has 1 aliphatic rings. The van der Waals surface area contributed by atoms with Crippen molar-refractivity contribution in [3.05, 3.63) is 100 Å². The summed E-state index contributed by atoms with van der Waals surface area (Å²) in [4.78, 5) is 37.7. The quantitative estimate of drug-likeness (QED) is 0.542. The summed E-state index contributed by atoms with van der Waals surface area (Å²) >= 11 is 0. The predicted octanol–water partition coefficient (Wildman–Crippen LogP) is 4.73. The number of aryl methyl sites for hydroxylation is 2. The van der Waals surface area contributed by atoms with E-state index in [1.807, 2.05) is 6.92 Å². The Bertz CT molecular complexity index is 1110. The molecule has 0 aliphatic heterocycles. The van der Waals surface area contributed by atoms with Crippen molar-refractivity contribution in [2.75, 3.05) is 5.32 Å². The molecule has 3 aromatic carbocycles. The standard InChI is InChI=1S/C25H21NO3/c1-16-9-11-17(12-10-16)5-4-8-23(27)26-18-13-14-21-22(15-18)25(29)20-7-3-2-6-19(20)24(21)28/h2-3,6-7,9-15H,4-5,8H2,1H3,(H,26,27). The van der Waals surface area contributed by atoms with Gasteiger partial charge in [0.2, 0.25) is 5.91 Å². The maximum Gasteiger partial charge on any atom is 0.224 e. The van der Waals surface area contributed by atoms with Gasteiger partial charge in [-0.15, -0.1) is 0 Å². The molecule has 144 valence electrons. The SMILES string of the molecule is Cc1ccc(CCCC(=O)Nc2ccc3c(c2)C(=O)c2ccccc2C3=O)cc1. The highest BCUT2D eigenvalue weighted by Gasteiger charge is 2.29. The number of anilines is 1. The van der Waals surface area contributed by atoms with Crippen LogP contribution in [-0.2, 0) is 11.2 Å². The molecular weight excluding hydrogens is 362 g/mol. The van der Waals surface area contributed by atoms with E-state index in [4.69, 9.17) is 0 Å². The van der Waals surface area contributed by atoms with Gasteiger partial charge < -0.3 is 5.32 Å². The van der Waals surface area contributed by atoms with E-state index >= 15 is 0 Å². The molecule has 0 heterocycles. The molecule has 0 radical (unpaired) electrons. The number of carbonyl (C=O) groups excluding carboxylic acids is 3. The van der Waals surface area contributed by atoms with Crippen molar-refractivity contribution in [1.82, 2.24) is 0 Å². The molecule has 0 saturated carbocycles. The second kappa shape index (κ2) is 7.84. The van der Waals surface area contributed by atoms with E-state index in [1.54, 1.807) is 42.5 Å². The van der Waals surface area contributed by atoms with Gasteiger partial charge in [-0.05, 0) is 43.5 Å². The van der Waals surface area contributed by atoms with Crippen LogP contribution in [0.25, 0.3) is 0 Å². The van der Waals surface area contributed by atoms with Gasteiger partial charge in [-0.2, -0.15) is 0 Å². The number of hydrogen-bond acceptors (Lipinski definition) is 3. The lowest BCUT2D eigenvalue weighted by Gasteiger charge is -2.18. The maximum atomic E-state index is 12.8. The lowest BCUT2D eigenvalue weighted by molar-refractivity contribution is -0.116. The minimum atomic E-state index is -0.189. The van der Waals surface area contributed by atoms with Crippen LogP contribution >= 0.6 is 0 Å². The second-order valence-electron chi connectivity index (χ2n) is 7.35. The average molecular weight is 383 g/mol. The van der Waals surface area contributed by atoms with E-state index in [0.29, 0.717) is 34.4 Å². The third-order valence-electron chi connectivity index (χ3n) is 5.20. The Morgan fingerprint density at radius 2 is 1.41 bits per heavy atom. The smallest absolute Gasteiger partial charge is 0.224 e. The lowest BCUT2D eigenvalue weighted by Crippen LogP contribution is -2.21. The van der Waals surface area contributed by atoms with Gasteiger partial charge in [0.1, 0.15) is 0 Å². The monoisotopic (exact) mass is 383 g/mol. The molecular formula is C25H21NO3. The minimum absolute atomic E-state index is 0.105. The second-order valence-corrected chi connectivity index (χ2v) is 7.35. The first-order chi connectivity index (χ1) is 14.0.